The Morgan fingerprint density at radius 1 is 1.35 bits per heavy atom. The van der Waals surface area contributed by atoms with E-state index < -0.39 is 0 Å². The minimum absolute atomic E-state index is 0.0834. The number of oxazole rings is 1. The lowest BCUT2D eigenvalue weighted by Crippen LogP contribution is -2.15. The van der Waals surface area contributed by atoms with E-state index in [0.29, 0.717) is 18.7 Å². The number of amides is 1. The fourth-order valence-corrected chi connectivity index (χ4v) is 1.43. The highest BCUT2D eigenvalue weighted by Crippen LogP contribution is 2.20. The third-order valence-corrected chi connectivity index (χ3v) is 2.26. The minimum Gasteiger partial charge on any atom is -0.444 e. The lowest BCUT2D eigenvalue weighted by molar-refractivity contribution is -0.116. The van der Waals surface area contributed by atoms with Crippen molar-refractivity contribution in [1.29, 1.82) is 0 Å². The summed E-state index contributed by atoms with van der Waals surface area (Å²) in [4.78, 5) is 15.1. The second kappa shape index (κ2) is 5.27. The molecule has 5 nitrogen and oxygen atoms in total. The van der Waals surface area contributed by atoms with Gasteiger partial charge in [0.05, 0.1) is 6.20 Å². The summed E-state index contributed by atoms with van der Waals surface area (Å²) in [7, 11) is 0. The Kier molecular flexibility index (Phi) is 3.52. The first-order valence-electron chi connectivity index (χ1n) is 5.28. The summed E-state index contributed by atoms with van der Waals surface area (Å²) >= 11 is 0. The molecular weight excluding hydrogens is 218 g/mol. The molecule has 0 bridgehead atoms. The zero-order valence-electron chi connectivity index (χ0n) is 9.22. The van der Waals surface area contributed by atoms with Gasteiger partial charge in [0.2, 0.25) is 5.91 Å². The van der Waals surface area contributed by atoms with Gasteiger partial charge in [0, 0.05) is 24.2 Å². The molecule has 5 heteroatoms. The topological polar surface area (TPSA) is 81.2 Å². The maximum atomic E-state index is 11.3. The lowest BCUT2D eigenvalue weighted by atomic mass is 10.1. The molecule has 0 radical (unpaired) electrons. The van der Waals surface area contributed by atoms with Crippen molar-refractivity contribution in [3.63, 3.8) is 0 Å². The van der Waals surface area contributed by atoms with Crippen molar-refractivity contribution in [3.05, 3.63) is 36.9 Å². The van der Waals surface area contributed by atoms with Gasteiger partial charge in [-0.25, -0.2) is 4.98 Å². The molecule has 88 valence electrons. The van der Waals surface area contributed by atoms with Gasteiger partial charge in [0.15, 0.2) is 12.2 Å². The van der Waals surface area contributed by atoms with E-state index in [-0.39, 0.29) is 5.91 Å². The molecule has 1 aromatic heterocycles. The second-order valence-electron chi connectivity index (χ2n) is 3.53. The molecule has 0 aliphatic rings. The number of rotatable bonds is 4. The molecule has 0 spiro atoms. The number of benzene rings is 1. The third-order valence-electron chi connectivity index (χ3n) is 2.26. The average Bonchev–Trinajstić information content (AvgIpc) is 2.84. The highest BCUT2D eigenvalue weighted by atomic mass is 16.3. The maximum Gasteiger partial charge on any atom is 0.225 e. The van der Waals surface area contributed by atoms with Crippen LogP contribution in [-0.4, -0.2) is 17.4 Å². The predicted molar refractivity (Wildman–Crippen MR) is 64.2 cm³/mol. The molecule has 1 amide bonds. The molecule has 1 aromatic carbocycles. The van der Waals surface area contributed by atoms with Crippen LogP contribution in [0.15, 0.2) is 41.3 Å². The van der Waals surface area contributed by atoms with E-state index in [1.807, 2.05) is 24.3 Å². The maximum absolute atomic E-state index is 11.3. The lowest BCUT2D eigenvalue weighted by Gasteiger charge is -2.04. The van der Waals surface area contributed by atoms with E-state index in [1.165, 1.54) is 6.39 Å². The van der Waals surface area contributed by atoms with Crippen LogP contribution >= 0.6 is 0 Å². The standard InChI is InChI=1S/C12H13N3O2/c13-6-5-12(16)15-10-3-1-9(2-4-10)11-7-14-8-17-11/h1-4,7-8H,5-6,13H2,(H,15,16). The van der Waals surface area contributed by atoms with Crippen LogP contribution < -0.4 is 11.1 Å². The zero-order chi connectivity index (χ0) is 12.1. The average molecular weight is 231 g/mol. The molecule has 0 fully saturated rings. The molecule has 2 rings (SSSR count). The van der Waals surface area contributed by atoms with Crippen LogP contribution in [0.3, 0.4) is 0 Å². The van der Waals surface area contributed by atoms with E-state index in [0.717, 1.165) is 11.3 Å². The van der Waals surface area contributed by atoms with Gasteiger partial charge >= 0.3 is 0 Å². The Bertz CT molecular complexity index is 477. The summed E-state index contributed by atoms with van der Waals surface area (Å²) in [5, 5.41) is 2.75. The number of aromatic nitrogens is 1. The van der Waals surface area contributed by atoms with Crippen LogP contribution in [0.4, 0.5) is 5.69 Å². The fraction of sp³-hybridized carbons (Fsp3) is 0.167. The van der Waals surface area contributed by atoms with E-state index in [1.54, 1.807) is 6.20 Å². The zero-order valence-corrected chi connectivity index (χ0v) is 9.22. The number of anilines is 1. The van der Waals surface area contributed by atoms with Crippen molar-refractivity contribution in [1.82, 2.24) is 4.98 Å². The number of nitrogens with one attached hydrogen (secondary N) is 1. The molecule has 0 aliphatic heterocycles. The number of nitrogens with two attached hydrogens (primary N) is 1. The number of carbonyl (C=O) groups is 1. The molecule has 0 atom stereocenters. The molecule has 0 unspecified atom stereocenters. The van der Waals surface area contributed by atoms with Crippen LogP contribution in [0.2, 0.25) is 0 Å². The summed E-state index contributed by atoms with van der Waals surface area (Å²) in [6.45, 7) is 0.349. The predicted octanol–water partition coefficient (Wildman–Crippen LogP) is 1.63. The summed E-state index contributed by atoms with van der Waals surface area (Å²) in [6.07, 6.45) is 3.35. The fourth-order valence-electron chi connectivity index (χ4n) is 1.43. The van der Waals surface area contributed by atoms with Crippen molar-refractivity contribution in [3.8, 4) is 11.3 Å². The first kappa shape index (κ1) is 11.3. The smallest absolute Gasteiger partial charge is 0.225 e. The Balaban J connectivity index is 2.06. The highest BCUT2D eigenvalue weighted by molar-refractivity contribution is 5.91. The van der Waals surface area contributed by atoms with Crippen LogP contribution in [-0.2, 0) is 4.79 Å². The SMILES string of the molecule is NCCC(=O)Nc1ccc(-c2cnco2)cc1. The Morgan fingerprint density at radius 2 is 2.12 bits per heavy atom. The number of hydrogen-bond acceptors (Lipinski definition) is 4. The third kappa shape index (κ3) is 2.92. The van der Waals surface area contributed by atoms with Crippen molar-refractivity contribution in [2.45, 2.75) is 6.42 Å². The summed E-state index contributed by atoms with van der Waals surface area (Å²) in [6, 6.07) is 7.34. The van der Waals surface area contributed by atoms with Crippen LogP contribution in [0, 0.1) is 0 Å². The molecule has 0 aliphatic carbocycles. The monoisotopic (exact) mass is 231 g/mol. The van der Waals surface area contributed by atoms with Gasteiger partial charge in [-0.1, -0.05) is 0 Å². The number of nitrogens with zero attached hydrogens (tertiary/aromatic N) is 1. The van der Waals surface area contributed by atoms with E-state index in [4.69, 9.17) is 10.2 Å². The van der Waals surface area contributed by atoms with Crippen molar-refractivity contribution in [2.24, 2.45) is 5.73 Å². The van der Waals surface area contributed by atoms with Crippen LogP contribution in [0.5, 0.6) is 0 Å². The highest BCUT2D eigenvalue weighted by Gasteiger charge is 2.03. The second-order valence-corrected chi connectivity index (χ2v) is 3.53. The van der Waals surface area contributed by atoms with Crippen molar-refractivity contribution >= 4 is 11.6 Å². The molecule has 2 aromatic rings. The van der Waals surface area contributed by atoms with Gasteiger partial charge in [-0.15, -0.1) is 0 Å². The molecule has 3 N–H and O–H groups in total. The number of carbonyl (C=O) groups excluding carboxylic acids is 1. The Morgan fingerprint density at radius 3 is 2.71 bits per heavy atom. The van der Waals surface area contributed by atoms with Crippen molar-refractivity contribution < 1.29 is 9.21 Å². The molecular formula is C12H13N3O2. The first-order valence-corrected chi connectivity index (χ1v) is 5.28. The summed E-state index contributed by atoms with van der Waals surface area (Å²) < 4.78 is 5.16. The largest absolute Gasteiger partial charge is 0.444 e. The minimum atomic E-state index is -0.0834. The van der Waals surface area contributed by atoms with E-state index >= 15 is 0 Å². The van der Waals surface area contributed by atoms with Crippen LogP contribution in [0.1, 0.15) is 6.42 Å². The quantitative estimate of drug-likeness (QED) is 0.837. The van der Waals surface area contributed by atoms with Crippen LogP contribution in [0.25, 0.3) is 11.3 Å². The van der Waals surface area contributed by atoms with Crippen molar-refractivity contribution in [2.75, 3.05) is 11.9 Å². The molecule has 0 saturated carbocycles. The van der Waals surface area contributed by atoms with Gasteiger partial charge < -0.3 is 15.5 Å². The first-order chi connectivity index (χ1) is 8.29. The van der Waals surface area contributed by atoms with Gasteiger partial charge in [0.25, 0.3) is 0 Å². The van der Waals surface area contributed by atoms with Gasteiger partial charge in [0.1, 0.15) is 0 Å². The molecule has 0 saturated heterocycles. The van der Waals surface area contributed by atoms with Gasteiger partial charge in [-0.2, -0.15) is 0 Å². The summed E-state index contributed by atoms with van der Waals surface area (Å²) in [5.74, 6) is 0.616. The van der Waals surface area contributed by atoms with Gasteiger partial charge in [-0.05, 0) is 24.3 Å². The Hall–Kier alpha value is -2.14. The van der Waals surface area contributed by atoms with E-state index in [2.05, 4.69) is 10.3 Å². The Labute approximate surface area is 98.6 Å². The van der Waals surface area contributed by atoms with E-state index in [9.17, 15) is 4.79 Å². The number of hydrogen-bond donors (Lipinski definition) is 2. The summed E-state index contributed by atoms with van der Waals surface area (Å²) in [5.41, 5.74) is 6.95. The molecule has 1 heterocycles. The van der Waals surface area contributed by atoms with Gasteiger partial charge in [-0.3, -0.25) is 4.79 Å². The normalized spacial score (nSPS) is 10.2. The molecule has 17 heavy (non-hydrogen) atoms.